The second-order valence-corrected chi connectivity index (χ2v) is 12.6. The predicted molar refractivity (Wildman–Crippen MR) is 140 cm³/mol. The number of carbonyl (C=O) groups is 2. The van der Waals surface area contributed by atoms with Gasteiger partial charge in [-0.3, -0.25) is 9.59 Å². The maximum absolute atomic E-state index is 13.7. The van der Waals surface area contributed by atoms with E-state index >= 15 is 0 Å². The number of rotatable bonds is 8. The lowest BCUT2D eigenvalue weighted by Gasteiger charge is -2.42. The Balaban J connectivity index is 1.52. The van der Waals surface area contributed by atoms with Crippen LogP contribution in [0.4, 0.5) is 18.9 Å². The summed E-state index contributed by atoms with van der Waals surface area (Å²) in [5.74, 6) is -6.67. The highest BCUT2D eigenvalue weighted by Gasteiger charge is 2.56. The van der Waals surface area contributed by atoms with E-state index in [-0.39, 0.29) is 46.3 Å². The zero-order valence-electron chi connectivity index (χ0n) is 21.0. The summed E-state index contributed by atoms with van der Waals surface area (Å²) in [5, 5.41) is 15.3. The van der Waals surface area contributed by atoms with Gasteiger partial charge in [0.05, 0.1) is 27.2 Å². The van der Waals surface area contributed by atoms with Gasteiger partial charge in [-0.2, -0.15) is 0 Å². The smallest absolute Gasteiger partial charge is 0.255 e. The minimum atomic E-state index is -4.07. The first-order chi connectivity index (χ1) is 18.4. The Morgan fingerprint density at radius 1 is 1.10 bits per heavy atom. The van der Waals surface area contributed by atoms with Gasteiger partial charge in [0.2, 0.25) is 5.91 Å². The lowest BCUT2D eigenvalue weighted by molar-refractivity contribution is -0.132. The van der Waals surface area contributed by atoms with Gasteiger partial charge in [0, 0.05) is 29.9 Å². The van der Waals surface area contributed by atoms with E-state index < -0.39 is 55.9 Å². The number of allylic oxidation sites excluding steroid dienone is 1. The van der Waals surface area contributed by atoms with Crippen LogP contribution in [-0.4, -0.2) is 42.7 Å². The maximum Gasteiger partial charge on any atom is 0.255 e. The van der Waals surface area contributed by atoms with Crippen LogP contribution in [0.15, 0.2) is 47.4 Å². The normalized spacial score (nSPS) is 24.6. The van der Waals surface area contributed by atoms with Gasteiger partial charge in [0.1, 0.15) is 0 Å². The molecule has 39 heavy (non-hydrogen) atoms. The molecule has 2 aliphatic rings. The molecule has 2 saturated carbocycles. The Kier molecular flexibility index (Phi) is 8.44. The number of hydrogen-bond acceptors (Lipinski definition) is 5. The molecule has 2 aromatic rings. The molecule has 7 nitrogen and oxygen atoms in total. The number of aliphatic hydroxyl groups is 1. The van der Waals surface area contributed by atoms with E-state index in [4.69, 9.17) is 11.6 Å². The van der Waals surface area contributed by atoms with Gasteiger partial charge in [-0.05, 0) is 62.6 Å². The third kappa shape index (κ3) is 5.85. The second-order valence-electron chi connectivity index (χ2n) is 10.0. The van der Waals surface area contributed by atoms with Crippen LogP contribution >= 0.6 is 11.6 Å². The Morgan fingerprint density at radius 3 is 2.31 bits per heavy atom. The third-order valence-electron chi connectivity index (χ3n) is 7.65. The van der Waals surface area contributed by atoms with Crippen molar-refractivity contribution in [1.29, 1.82) is 0 Å². The monoisotopic (exact) mass is 584 g/mol. The van der Waals surface area contributed by atoms with Gasteiger partial charge in [-0.1, -0.05) is 23.8 Å². The molecule has 2 fully saturated rings. The van der Waals surface area contributed by atoms with Crippen LogP contribution in [0, 0.1) is 29.3 Å². The van der Waals surface area contributed by atoms with Crippen molar-refractivity contribution in [3.05, 3.63) is 70.5 Å². The highest BCUT2D eigenvalue weighted by atomic mass is 35.5. The van der Waals surface area contributed by atoms with Crippen molar-refractivity contribution in [2.24, 2.45) is 11.8 Å². The summed E-state index contributed by atoms with van der Waals surface area (Å²) in [6.45, 7) is 2.16. The first-order valence-electron chi connectivity index (χ1n) is 12.5. The van der Waals surface area contributed by atoms with E-state index in [1.807, 2.05) is 6.92 Å². The molecule has 2 aromatic carbocycles. The molecular formula is C27H28ClF3N2O5S. The minimum absolute atomic E-state index is 0.109. The molecule has 0 radical (unpaired) electrons. The molecule has 0 saturated heterocycles. The fourth-order valence-electron chi connectivity index (χ4n) is 5.64. The van der Waals surface area contributed by atoms with Crippen LogP contribution in [-0.2, 0) is 14.6 Å². The molecule has 2 bridgehead atoms. The van der Waals surface area contributed by atoms with Crippen LogP contribution in [0.2, 0.25) is 5.02 Å². The summed E-state index contributed by atoms with van der Waals surface area (Å²) in [4.78, 5) is 24.8. The fraction of sp³-hybridized carbons (Fsp3) is 0.407. The van der Waals surface area contributed by atoms with Crippen LogP contribution in [0.5, 0.6) is 0 Å². The first kappa shape index (κ1) is 29.1. The van der Waals surface area contributed by atoms with Crippen molar-refractivity contribution in [2.45, 2.75) is 54.8 Å². The standard InChI is InChI=1S/C27H28ClF3N2O5S/c1-2-3-8-32-24(34)14-27(36)16-5-6-17(27)11-19(10-16)39(37,38)23-9-15(4-7-20(23)28)26(35)33-18-12-21(29)25(31)22(30)13-18/h2-4,7,9,12-13,16-17,19,36H,5-6,8,10-11,14H2,1H3,(H,32,34)(H,33,35)/b3-2+/t16-,17?,19-,27-/m0/s1. The molecule has 0 aromatic heterocycles. The van der Waals surface area contributed by atoms with E-state index in [1.165, 1.54) is 12.1 Å². The van der Waals surface area contributed by atoms with E-state index in [0.717, 1.165) is 6.07 Å². The van der Waals surface area contributed by atoms with Gasteiger partial charge >= 0.3 is 0 Å². The zero-order chi connectivity index (χ0) is 28.5. The van der Waals surface area contributed by atoms with E-state index in [1.54, 1.807) is 12.2 Å². The number of hydrogen-bond donors (Lipinski definition) is 3. The van der Waals surface area contributed by atoms with Crippen molar-refractivity contribution < 1.29 is 36.3 Å². The molecule has 4 atom stereocenters. The molecule has 3 N–H and O–H groups in total. The number of anilines is 1. The van der Waals surface area contributed by atoms with Gasteiger partial charge in [0.15, 0.2) is 27.3 Å². The highest BCUT2D eigenvalue weighted by molar-refractivity contribution is 7.92. The van der Waals surface area contributed by atoms with E-state index in [9.17, 15) is 36.3 Å². The maximum atomic E-state index is 13.7. The number of fused-ring (bicyclic) bond motifs is 2. The molecule has 0 spiro atoms. The van der Waals surface area contributed by atoms with Crippen LogP contribution < -0.4 is 10.6 Å². The molecular weight excluding hydrogens is 557 g/mol. The summed E-state index contributed by atoms with van der Waals surface area (Å²) in [6, 6.07) is 4.77. The minimum Gasteiger partial charge on any atom is -0.389 e. The molecule has 0 aliphatic heterocycles. The van der Waals surface area contributed by atoms with E-state index in [2.05, 4.69) is 10.6 Å². The van der Waals surface area contributed by atoms with Gasteiger partial charge in [-0.15, -0.1) is 0 Å². The van der Waals surface area contributed by atoms with Crippen molar-refractivity contribution in [3.63, 3.8) is 0 Å². The van der Waals surface area contributed by atoms with Crippen LogP contribution in [0.25, 0.3) is 0 Å². The van der Waals surface area contributed by atoms with Crippen molar-refractivity contribution in [3.8, 4) is 0 Å². The molecule has 210 valence electrons. The average molecular weight is 585 g/mol. The quantitative estimate of drug-likeness (QED) is 0.305. The summed E-state index contributed by atoms with van der Waals surface area (Å²) >= 11 is 6.24. The zero-order valence-corrected chi connectivity index (χ0v) is 22.6. The number of carbonyl (C=O) groups excluding carboxylic acids is 2. The topological polar surface area (TPSA) is 113 Å². The number of benzene rings is 2. The molecule has 12 heteroatoms. The van der Waals surface area contributed by atoms with Crippen LogP contribution in [0.1, 0.15) is 49.4 Å². The average Bonchev–Trinajstić information content (AvgIpc) is 3.03. The molecule has 4 rings (SSSR count). The third-order valence-corrected chi connectivity index (χ3v) is 10.3. The predicted octanol–water partition coefficient (Wildman–Crippen LogP) is 4.79. The van der Waals surface area contributed by atoms with Gasteiger partial charge < -0.3 is 15.7 Å². The fourth-order valence-corrected chi connectivity index (χ4v) is 8.04. The van der Waals surface area contributed by atoms with E-state index in [0.29, 0.717) is 31.5 Å². The Labute approximate surface area is 229 Å². The molecule has 1 unspecified atom stereocenters. The second kappa shape index (κ2) is 11.3. The number of sulfone groups is 1. The molecule has 2 amide bonds. The van der Waals surface area contributed by atoms with Gasteiger partial charge in [-0.25, -0.2) is 21.6 Å². The van der Waals surface area contributed by atoms with Crippen LogP contribution in [0.3, 0.4) is 0 Å². The number of amides is 2. The summed E-state index contributed by atoms with van der Waals surface area (Å²) in [5.41, 5.74) is -1.80. The first-order valence-corrected chi connectivity index (χ1v) is 14.4. The summed E-state index contributed by atoms with van der Waals surface area (Å²) < 4.78 is 67.6. The van der Waals surface area contributed by atoms with Crippen molar-refractivity contribution >= 4 is 38.9 Å². The Hall–Kier alpha value is -2.89. The molecule has 2 aliphatic carbocycles. The lowest BCUT2D eigenvalue weighted by Crippen LogP contribution is -2.50. The van der Waals surface area contributed by atoms with Crippen molar-refractivity contribution in [2.75, 3.05) is 11.9 Å². The van der Waals surface area contributed by atoms with Crippen molar-refractivity contribution in [1.82, 2.24) is 5.32 Å². The summed E-state index contributed by atoms with van der Waals surface area (Å²) in [7, 11) is -4.07. The summed E-state index contributed by atoms with van der Waals surface area (Å²) in [6.07, 6.45) is 4.85. The van der Waals surface area contributed by atoms with Gasteiger partial charge in [0.25, 0.3) is 5.91 Å². The largest absolute Gasteiger partial charge is 0.389 e. The Morgan fingerprint density at radius 2 is 1.72 bits per heavy atom. The molecule has 0 heterocycles. The number of halogens is 4. The lowest BCUT2D eigenvalue weighted by atomic mass is 9.72. The number of nitrogens with one attached hydrogen (secondary N) is 2. The SMILES string of the molecule is C/C=C/CNC(=O)C[C@@]1(O)C2CC[C@H]1C[C@H](S(=O)(=O)c1cc(C(=O)Nc3cc(F)c(F)c(F)c3)ccc1Cl)C2. The Bertz CT molecular complexity index is 1400. The highest BCUT2D eigenvalue weighted by Crippen LogP contribution is 2.53.